The number of ether oxygens (including phenoxy) is 3. The largest absolute Gasteiger partial charge is 0.512 e. The van der Waals surface area contributed by atoms with Crippen molar-refractivity contribution in [3.63, 3.8) is 0 Å². The summed E-state index contributed by atoms with van der Waals surface area (Å²) in [4.78, 5) is 27.9. The zero-order valence-corrected chi connectivity index (χ0v) is 24.8. The molecule has 1 atom stereocenters. The lowest BCUT2D eigenvalue weighted by Crippen LogP contribution is -2.57. The van der Waals surface area contributed by atoms with Crippen LogP contribution >= 0.6 is 0 Å². The van der Waals surface area contributed by atoms with Crippen LogP contribution in [0.25, 0.3) is 22.5 Å². The number of hydrogen-bond acceptors (Lipinski definition) is 11. The van der Waals surface area contributed by atoms with Crippen LogP contribution in [0, 0.1) is 0 Å². The van der Waals surface area contributed by atoms with E-state index in [1.54, 1.807) is 39.5 Å². The van der Waals surface area contributed by atoms with Crippen LogP contribution in [0.5, 0.6) is 0 Å². The van der Waals surface area contributed by atoms with Gasteiger partial charge in [-0.3, -0.25) is 0 Å². The number of nitrogens with zero attached hydrogens (tertiary/aromatic N) is 4. The Kier molecular flexibility index (Phi) is 9.15. The van der Waals surface area contributed by atoms with Crippen LogP contribution in [0.4, 0.5) is 4.79 Å². The van der Waals surface area contributed by atoms with Crippen LogP contribution in [-0.2, 0) is 25.5 Å². The lowest BCUT2D eigenvalue weighted by molar-refractivity contribution is -0.154. The number of rotatable bonds is 11. The molecule has 0 amide bonds. The number of carbonyl (C=O) groups is 2. The molecule has 42 heavy (non-hydrogen) atoms. The van der Waals surface area contributed by atoms with Gasteiger partial charge < -0.3 is 29.5 Å². The molecule has 3 aromatic rings. The molecular weight excluding hydrogens is 540 g/mol. The molecule has 4 rings (SSSR count). The van der Waals surface area contributed by atoms with Crippen molar-refractivity contribution in [2.45, 2.75) is 78.5 Å². The van der Waals surface area contributed by atoms with Gasteiger partial charge >= 0.3 is 12.1 Å². The first-order valence-corrected chi connectivity index (χ1v) is 14.0. The van der Waals surface area contributed by atoms with Crippen molar-refractivity contribution in [2.24, 2.45) is 0 Å². The Morgan fingerprint density at radius 2 is 1.76 bits per heavy atom. The molecule has 0 saturated carbocycles. The van der Waals surface area contributed by atoms with E-state index in [1.807, 2.05) is 55.5 Å². The molecule has 12 heteroatoms. The zero-order chi connectivity index (χ0) is 30.5. The summed E-state index contributed by atoms with van der Waals surface area (Å²) in [5, 5.41) is 28.7. The Hall–Kier alpha value is -4.45. The van der Waals surface area contributed by atoms with E-state index in [-0.39, 0.29) is 24.5 Å². The van der Waals surface area contributed by atoms with E-state index in [4.69, 9.17) is 14.2 Å². The Labute approximate surface area is 245 Å². The van der Waals surface area contributed by atoms with E-state index >= 15 is 0 Å². The van der Waals surface area contributed by atoms with E-state index in [1.165, 1.54) is 0 Å². The third-order valence-electron chi connectivity index (χ3n) is 6.64. The van der Waals surface area contributed by atoms with Crippen molar-refractivity contribution < 1.29 is 28.9 Å². The van der Waals surface area contributed by atoms with Crippen LogP contribution in [0.2, 0.25) is 0 Å². The number of aliphatic hydroxyl groups is 1. The number of esters is 1. The van der Waals surface area contributed by atoms with E-state index < -0.39 is 29.7 Å². The topological polar surface area (TPSA) is 152 Å². The van der Waals surface area contributed by atoms with Crippen molar-refractivity contribution in [2.75, 3.05) is 6.61 Å². The average Bonchev–Trinajstić information content (AvgIpc) is 3.56. The molecular formula is C30H38N6O6. The van der Waals surface area contributed by atoms with E-state index in [0.29, 0.717) is 18.7 Å². The quantitative estimate of drug-likeness (QED) is 0.276. The lowest BCUT2D eigenvalue weighted by atomic mass is 9.98. The highest BCUT2D eigenvalue weighted by Gasteiger charge is 2.53. The number of H-pyrrole nitrogens is 1. The zero-order valence-electron chi connectivity index (χ0n) is 24.8. The summed E-state index contributed by atoms with van der Waals surface area (Å²) in [6, 6.07) is 15.5. The number of carbonyl (C=O) groups excluding carboxylic acids is 2. The van der Waals surface area contributed by atoms with Gasteiger partial charge in [-0.05, 0) is 62.9 Å². The highest BCUT2D eigenvalue weighted by Crippen LogP contribution is 2.40. The van der Waals surface area contributed by atoms with Crippen molar-refractivity contribution in [1.82, 2.24) is 30.8 Å². The van der Waals surface area contributed by atoms with Gasteiger partial charge in [0.05, 0.1) is 18.4 Å². The summed E-state index contributed by atoms with van der Waals surface area (Å²) in [5.74, 6) is -1.68. The molecule has 1 aromatic heterocycles. The van der Waals surface area contributed by atoms with Gasteiger partial charge in [-0.1, -0.05) is 55.5 Å². The van der Waals surface area contributed by atoms with Crippen molar-refractivity contribution in [3.05, 3.63) is 65.5 Å². The van der Waals surface area contributed by atoms with Crippen molar-refractivity contribution >= 4 is 12.1 Å². The molecule has 0 radical (unpaired) electrons. The Morgan fingerprint density at radius 1 is 1.07 bits per heavy atom. The molecule has 224 valence electrons. The second-order valence-corrected chi connectivity index (χ2v) is 10.7. The van der Waals surface area contributed by atoms with Crippen molar-refractivity contribution in [3.8, 4) is 22.5 Å². The maximum Gasteiger partial charge on any atom is 0.512 e. The number of hydrogen-bond donors (Lipinski definition) is 3. The van der Waals surface area contributed by atoms with Crippen LogP contribution in [0.1, 0.15) is 59.9 Å². The molecule has 2 aromatic carbocycles. The molecule has 0 bridgehead atoms. The number of tetrazole rings is 1. The Balaban J connectivity index is 1.76. The normalized spacial score (nSPS) is 16.9. The minimum absolute atomic E-state index is 0.0849. The smallest absolute Gasteiger partial charge is 0.461 e. The second kappa shape index (κ2) is 12.6. The first-order chi connectivity index (χ1) is 20.0. The molecule has 0 fully saturated rings. The Bertz CT molecular complexity index is 1410. The summed E-state index contributed by atoms with van der Waals surface area (Å²) in [6.45, 7) is 10.5. The van der Waals surface area contributed by atoms with E-state index in [0.717, 1.165) is 22.3 Å². The Morgan fingerprint density at radius 3 is 2.33 bits per heavy atom. The number of aromatic amines is 1. The van der Waals surface area contributed by atoms with Crippen LogP contribution < -0.4 is 5.32 Å². The number of benzene rings is 2. The van der Waals surface area contributed by atoms with Crippen LogP contribution in [0.15, 0.2) is 59.9 Å². The first kappa shape index (κ1) is 30.5. The minimum atomic E-state index is -1.51. The predicted molar refractivity (Wildman–Crippen MR) is 154 cm³/mol. The van der Waals surface area contributed by atoms with Crippen LogP contribution in [-0.4, -0.2) is 66.9 Å². The predicted octanol–water partition coefficient (Wildman–Crippen LogP) is 4.50. The highest BCUT2D eigenvalue weighted by molar-refractivity contribution is 5.90. The minimum Gasteiger partial charge on any atom is -0.461 e. The van der Waals surface area contributed by atoms with Gasteiger partial charge in [0.25, 0.3) is 5.85 Å². The number of nitrogens with one attached hydrogen (secondary N) is 2. The molecule has 3 N–H and O–H groups in total. The molecule has 1 unspecified atom stereocenters. The van der Waals surface area contributed by atoms with Crippen molar-refractivity contribution in [1.29, 1.82) is 0 Å². The molecule has 1 aliphatic rings. The lowest BCUT2D eigenvalue weighted by Gasteiger charge is -2.39. The fourth-order valence-electron chi connectivity index (χ4n) is 4.90. The monoisotopic (exact) mass is 578 g/mol. The van der Waals surface area contributed by atoms with E-state index in [2.05, 4.69) is 25.9 Å². The fraction of sp³-hybridized carbons (Fsp3) is 0.433. The van der Waals surface area contributed by atoms with E-state index in [9.17, 15) is 14.7 Å². The molecule has 0 aliphatic carbocycles. The fourth-order valence-corrected chi connectivity index (χ4v) is 4.90. The van der Waals surface area contributed by atoms with Gasteiger partial charge in [0, 0.05) is 18.5 Å². The maximum atomic E-state index is 13.4. The van der Waals surface area contributed by atoms with Gasteiger partial charge in [-0.25, -0.2) is 9.59 Å². The SMILES string of the molecule is CCCC1(OC(=O)OC(C)C)NC(C(C)(C)O)=C(C(=O)OCC)N1Cc1ccc(-c2ccccc2-c2nn[nH]n2)cc1. The highest BCUT2D eigenvalue weighted by atomic mass is 16.7. The molecule has 1 aliphatic heterocycles. The van der Waals surface area contributed by atoms with Gasteiger partial charge in [0.1, 0.15) is 5.60 Å². The number of aromatic nitrogens is 4. The summed E-state index contributed by atoms with van der Waals surface area (Å²) < 4.78 is 16.7. The summed E-state index contributed by atoms with van der Waals surface area (Å²) >= 11 is 0. The second-order valence-electron chi connectivity index (χ2n) is 10.7. The summed E-state index contributed by atoms with van der Waals surface area (Å²) in [6.07, 6.45) is -0.442. The van der Waals surface area contributed by atoms with Crippen LogP contribution in [0.3, 0.4) is 0 Å². The third kappa shape index (κ3) is 6.54. The third-order valence-corrected chi connectivity index (χ3v) is 6.64. The molecule has 12 nitrogen and oxygen atoms in total. The molecule has 2 heterocycles. The maximum absolute atomic E-state index is 13.4. The van der Waals surface area contributed by atoms with Gasteiger partial charge in [0.15, 0.2) is 5.70 Å². The summed E-state index contributed by atoms with van der Waals surface area (Å²) in [5.41, 5.74) is 2.28. The average molecular weight is 579 g/mol. The molecule has 0 saturated heterocycles. The van der Waals surface area contributed by atoms with Gasteiger partial charge in [0.2, 0.25) is 5.82 Å². The first-order valence-electron chi connectivity index (χ1n) is 14.0. The summed E-state index contributed by atoms with van der Waals surface area (Å²) in [7, 11) is 0. The molecule has 0 spiro atoms. The van der Waals surface area contributed by atoms with Gasteiger partial charge in [-0.2, -0.15) is 5.21 Å². The van der Waals surface area contributed by atoms with Gasteiger partial charge in [-0.15, -0.1) is 10.2 Å². The standard InChI is InChI=1S/C30H38N6O6/c1-7-17-30(42-28(38)41-19(3)4)31-25(29(5,6)39)24(27(37)40-8-2)36(30)18-20-13-15-21(16-14-20)22-11-9-10-12-23(22)26-32-34-35-33-26/h9-16,19,31,39H,7-8,17-18H2,1-6H3,(H,32,33,34,35).